The summed E-state index contributed by atoms with van der Waals surface area (Å²) in [6.45, 7) is 8.57. The van der Waals surface area contributed by atoms with Gasteiger partial charge in [-0.3, -0.25) is 4.98 Å². The number of hydrogen-bond donors (Lipinski definition) is 1. The molecule has 0 spiro atoms. The van der Waals surface area contributed by atoms with Crippen LogP contribution < -0.4 is 15.1 Å². The van der Waals surface area contributed by atoms with E-state index < -0.39 is 0 Å². The van der Waals surface area contributed by atoms with Crippen LogP contribution in [-0.2, 0) is 0 Å². The Balaban J connectivity index is 1.45. The molecule has 0 radical (unpaired) electrons. The van der Waals surface area contributed by atoms with Crippen LogP contribution in [-0.4, -0.2) is 27.8 Å². The van der Waals surface area contributed by atoms with E-state index in [2.05, 4.69) is 58.7 Å². The maximum atomic E-state index is 6.97. The minimum absolute atomic E-state index is 0.166. The third kappa shape index (κ3) is 5.32. The Morgan fingerprint density at radius 2 is 1.63 bits per heavy atom. The monoisotopic (exact) mass is 623 g/mol. The van der Waals surface area contributed by atoms with E-state index in [9.17, 15) is 0 Å². The first kappa shape index (κ1) is 28.4. The summed E-state index contributed by atoms with van der Waals surface area (Å²) in [4.78, 5) is 9.29. The first-order valence-corrected chi connectivity index (χ1v) is 15.5. The Bertz CT molecular complexity index is 1600. The van der Waals surface area contributed by atoms with Crippen molar-refractivity contribution in [3.63, 3.8) is 0 Å². The lowest BCUT2D eigenvalue weighted by Crippen LogP contribution is -2.33. The van der Waals surface area contributed by atoms with Crippen LogP contribution in [0.15, 0.2) is 66.9 Å². The molecule has 0 unspecified atom stereocenters. The third-order valence-corrected chi connectivity index (χ3v) is 9.53. The van der Waals surface area contributed by atoms with Crippen molar-refractivity contribution in [3.8, 4) is 5.69 Å². The van der Waals surface area contributed by atoms with Crippen LogP contribution >= 0.6 is 47.0 Å². The fraction of sp³-hybridized carbons (Fsp3) is 0.312. The van der Waals surface area contributed by atoms with Crippen molar-refractivity contribution in [3.05, 3.63) is 105 Å². The standard InChI is InChI=1S/C32H32Cl3N5S/c1-19-11-14-38(15-12-19)28-10-8-23(18-26(28)35)40-31(30(37-32(40)41)27-6-4-5-13-36-27)24-16-20(2)39(21(24)3)29-9-7-22(33)17-25(29)34/h4-10,13,16-19,30-31H,11-12,14-15H2,1-3H3,(H,37,41)/t30-,31-/m0/s1. The molecule has 4 aromatic rings. The second kappa shape index (κ2) is 11.5. The maximum Gasteiger partial charge on any atom is 0.174 e. The van der Waals surface area contributed by atoms with Gasteiger partial charge in [-0.15, -0.1) is 0 Å². The fourth-order valence-corrected chi connectivity index (χ4v) is 7.35. The summed E-state index contributed by atoms with van der Waals surface area (Å²) >= 11 is 25.9. The van der Waals surface area contributed by atoms with Gasteiger partial charge in [-0.2, -0.15) is 0 Å². The van der Waals surface area contributed by atoms with Crippen molar-refractivity contribution in [1.29, 1.82) is 0 Å². The van der Waals surface area contributed by atoms with Crippen LogP contribution in [0.3, 0.4) is 0 Å². The summed E-state index contributed by atoms with van der Waals surface area (Å²) < 4.78 is 2.18. The molecule has 0 amide bonds. The first-order valence-electron chi connectivity index (χ1n) is 13.9. The van der Waals surface area contributed by atoms with Crippen LogP contribution in [0.5, 0.6) is 0 Å². The van der Waals surface area contributed by atoms with Crippen LogP contribution in [0.25, 0.3) is 5.69 Å². The summed E-state index contributed by atoms with van der Waals surface area (Å²) in [5.74, 6) is 0.753. The summed E-state index contributed by atoms with van der Waals surface area (Å²) in [6, 6.07) is 19.8. The van der Waals surface area contributed by atoms with Gasteiger partial charge in [0.2, 0.25) is 0 Å². The number of rotatable bonds is 5. The Hall–Kier alpha value is -2.77. The number of aryl methyl sites for hydroxylation is 1. The molecule has 2 aromatic heterocycles. The van der Waals surface area contributed by atoms with E-state index in [0.29, 0.717) is 15.2 Å². The highest BCUT2D eigenvalue weighted by atomic mass is 35.5. The van der Waals surface area contributed by atoms with E-state index in [1.54, 1.807) is 6.07 Å². The van der Waals surface area contributed by atoms with Gasteiger partial charge in [-0.1, -0.05) is 47.8 Å². The van der Waals surface area contributed by atoms with E-state index in [1.165, 1.54) is 12.8 Å². The van der Waals surface area contributed by atoms with Crippen molar-refractivity contribution >= 4 is 63.5 Å². The van der Waals surface area contributed by atoms with Gasteiger partial charge in [-0.25, -0.2) is 0 Å². The number of halogens is 3. The normalized spacial score (nSPS) is 19.6. The van der Waals surface area contributed by atoms with Gasteiger partial charge in [0, 0.05) is 41.4 Å². The average Bonchev–Trinajstić information content (AvgIpc) is 3.45. The number of anilines is 2. The zero-order chi connectivity index (χ0) is 28.8. The zero-order valence-corrected chi connectivity index (χ0v) is 26.3. The lowest BCUT2D eigenvalue weighted by Gasteiger charge is -2.33. The molecule has 2 saturated heterocycles. The number of nitrogens with zero attached hydrogens (tertiary/aromatic N) is 4. The molecule has 2 atom stereocenters. The first-order chi connectivity index (χ1) is 19.7. The highest BCUT2D eigenvalue weighted by molar-refractivity contribution is 7.80. The van der Waals surface area contributed by atoms with Gasteiger partial charge in [0.1, 0.15) is 0 Å². The second-order valence-corrected chi connectivity index (χ2v) is 12.7. The molecule has 1 N–H and O–H groups in total. The Kier molecular flexibility index (Phi) is 7.94. The van der Waals surface area contributed by atoms with E-state index >= 15 is 0 Å². The third-order valence-electron chi connectivity index (χ3n) is 8.37. The number of hydrogen-bond acceptors (Lipinski definition) is 3. The van der Waals surface area contributed by atoms with Crippen LogP contribution in [0.4, 0.5) is 11.4 Å². The molecule has 2 fully saturated rings. The van der Waals surface area contributed by atoms with Crippen LogP contribution in [0.1, 0.15) is 54.5 Å². The predicted molar refractivity (Wildman–Crippen MR) is 175 cm³/mol. The topological polar surface area (TPSA) is 36.3 Å². The highest BCUT2D eigenvalue weighted by Crippen LogP contribution is 2.45. The van der Waals surface area contributed by atoms with E-state index in [1.807, 2.05) is 42.6 Å². The van der Waals surface area contributed by atoms with Gasteiger partial charge in [0.25, 0.3) is 0 Å². The van der Waals surface area contributed by atoms with Gasteiger partial charge in [-0.05, 0) is 105 Å². The second-order valence-electron chi connectivity index (χ2n) is 11.1. The van der Waals surface area contributed by atoms with Gasteiger partial charge in [0.05, 0.1) is 39.2 Å². The Morgan fingerprint density at radius 3 is 2.32 bits per heavy atom. The molecule has 2 aliphatic rings. The minimum atomic E-state index is -0.166. The molecule has 4 heterocycles. The zero-order valence-electron chi connectivity index (χ0n) is 23.2. The largest absolute Gasteiger partial charge is 0.370 e. The van der Waals surface area contributed by atoms with Crippen molar-refractivity contribution in [2.75, 3.05) is 22.9 Å². The number of pyridine rings is 1. The molecule has 0 bridgehead atoms. The fourth-order valence-electron chi connectivity index (χ4n) is 6.22. The maximum absolute atomic E-state index is 6.97. The van der Waals surface area contributed by atoms with Gasteiger partial charge < -0.3 is 19.7 Å². The van der Waals surface area contributed by atoms with E-state index in [-0.39, 0.29) is 12.1 Å². The Labute approximate surface area is 262 Å². The van der Waals surface area contributed by atoms with Crippen molar-refractivity contribution in [2.24, 2.45) is 5.92 Å². The van der Waals surface area contributed by atoms with Gasteiger partial charge in [0.15, 0.2) is 5.11 Å². The van der Waals surface area contributed by atoms with Crippen molar-refractivity contribution in [2.45, 2.75) is 45.7 Å². The SMILES string of the molecule is Cc1cc([C@H]2[C@H](c3ccccn3)NC(=S)N2c2ccc(N3CCC(C)CC3)c(Cl)c2)c(C)n1-c1ccc(Cl)cc1Cl. The summed E-state index contributed by atoms with van der Waals surface area (Å²) in [5, 5.41) is 6.14. The number of aromatic nitrogens is 2. The summed E-state index contributed by atoms with van der Waals surface area (Å²) in [5.41, 5.74) is 7.08. The lowest BCUT2D eigenvalue weighted by atomic mass is 9.96. The quantitative estimate of drug-likeness (QED) is 0.225. The number of piperidine rings is 1. The average molecular weight is 625 g/mol. The molecule has 9 heteroatoms. The van der Waals surface area contributed by atoms with Crippen LogP contribution in [0, 0.1) is 19.8 Å². The van der Waals surface area contributed by atoms with E-state index in [4.69, 9.17) is 52.0 Å². The molecule has 0 saturated carbocycles. The van der Waals surface area contributed by atoms with Crippen molar-refractivity contribution < 1.29 is 0 Å². The molecule has 5 nitrogen and oxygen atoms in total. The molecule has 2 aliphatic heterocycles. The number of benzene rings is 2. The molecular weight excluding hydrogens is 593 g/mol. The molecule has 0 aliphatic carbocycles. The summed E-state index contributed by atoms with van der Waals surface area (Å²) in [7, 11) is 0. The van der Waals surface area contributed by atoms with Crippen molar-refractivity contribution in [1.82, 2.24) is 14.9 Å². The summed E-state index contributed by atoms with van der Waals surface area (Å²) in [6.07, 6.45) is 4.18. The Morgan fingerprint density at radius 1 is 0.902 bits per heavy atom. The molecule has 212 valence electrons. The van der Waals surface area contributed by atoms with Gasteiger partial charge >= 0.3 is 0 Å². The smallest absolute Gasteiger partial charge is 0.174 e. The molecule has 6 rings (SSSR count). The predicted octanol–water partition coefficient (Wildman–Crippen LogP) is 8.86. The number of thiocarbonyl (C=S) groups is 1. The van der Waals surface area contributed by atoms with Crippen LogP contribution in [0.2, 0.25) is 15.1 Å². The molecule has 41 heavy (non-hydrogen) atoms. The highest BCUT2D eigenvalue weighted by Gasteiger charge is 2.42. The minimum Gasteiger partial charge on any atom is -0.370 e. The van der Waals surface area contributed by atoms with E-state index in [0.717, 1.165) is 63.7 Å². The lowest BCUT2D eigenvalue weighted by molar-refractivity contribution is 0.438. The number of nitrogens with one attached hydrogen (secondary N) is 1. The molecule has 2 aromatic carbocycles. The molecular formula is C32H32Cl3N5S.